The van der Waals surface area contributed by atoms with E-state index in [0.29, 0.717) is 10.9 Å². The molecule has 1 atom stereocenters. The molecule has 3 heteroatoms. The van der Waals surface area contributed by atoms with Crippen LogP contribution < -0.4 is 0 Å². The van der Waals surface area contributed by atoms with E-state index >= 15 is 0 Å². The molecular formula is C18H29OS2+. The van der Waals surface area contributed by atoms with Crippen molar-refractivity contribution in [2.45, 2.75) is 63.6 Å². The Labute approximate surface area is 137 Å². The van der Waals surface area contributed by atoms with Crippen molar-refractivity contribution in [2.75, 3.05) is 23.0 Å². The third-order valence-electron chi connectivity index (χ3n) is 4.98. The van der Waals surface area contributed by atoms with Crippen molar-refractivity contribution in [3.05, 3.63) is 23.1 Å². The summed E-state index contributed by atoms with van der Waals surface area (Å²) in [6.45, 7) is 4.60. The van der Waals surface area contributed by atoms with Gasteiger partial charge in [0.1, 0.15) is 11.5 Å². The quantitative estimate of drug-likeness (QED) is 0.696. The molecule has 0 amide bonds. The number of thioether (sulfide) groups is 1. The Morgan fingerprint density at radius 1 is 1.10 bits per heavy atom. The fourth-order valence-electron chi connectivity index (χ4n) is 3.71. The van der Waals surface area contributed by atoms with Crippen LogP contribution in [0.3, 0.4) is 0 Å². The predicted molar refractivity (Wildman–Crippen MR) is 97.2 cm³/mol. The largest absolute Gasteiger partial charge is 0.365 e. The van der Waals surface area contributed by atoms with E-state index in [9.17, 15) is 0 Å². The van der Waals surface area contributed by atoms with E-state index < -0.39 is 0 Å². The van der Waals surface area contributed by atoms with E-state index in [0.717, 1.165) is 6.42 Å². The lowest BCUT2D eigenvalue weighted by molar-refractivity contribution is -0.131. The number of rotatable bonds is 3. The molecule has 0 aromatic rings. The minimum absolute atomic E-state index is 0.0799. The molecule has 0 spiro atoms. The molecule has 2 fully saturated rings. The maximum Gasteiger partial charge on any atom is 0.150 e. The molecule has 1 unspecified atom stereocenters. The Morgan fingerprint density at radius 2 is 1.81 bits per heavy atom. The van der Waals surface area contributed by atoms with Crippen LogP contribution >= 0.6 is 11.8 Å². The minimum Gasteiger partial charge on any atom is -0.365 e. The summed E-state index contributed by atoms with van der Waals surface area (Å²) in [5.41, 5.74) is 0.0237. The Hall–Kier alpha value is 0.140. The van der Waals surface area contributed by atoms with Gasteiger partial charge in [-0.3, -0.25) is 0 Å². The van der Waals surface area contributed by atoms with Crippen molar-refractivity contribution in [3.8, 4) is 0 Å². The highest BCUT2D eigenvalue weighted by Gasteiger charge is 2.37. The average Bonchev–Trinajstić information content (AvgIpc) is 2.49. The Balaban J connectivity index is 1.60. The summed E-state index contributed by atoms with van der Waals surface area (Å²) < 4.78 is 6.61. The first-order valence-corrected chi connectivity index (χ1v) is 11.2. The van der Waals surface area contributed by atoms with Crippen LogP contribution in [0, 0.1) is 0 Å². The van der Waals surface area contributed by atoms with Crippen molar-refractivity contribution in [1.82, 2.24) is 0 Å². The van der Waals surface area contributed by atoms with E-state index in [1.54, 1.807) is 4.91 Å². The SMILES string of the molecule is CC1(OC2(C)CCCCC2)C=CC([S+]2CCSCC2)=CC1. The van der Waals surface area contributed by atoms with E-state index in [-0.39, 0.29) is 11.2 Å². The first-order chi connectivity index (χ1) is 10.1. The summed E-state index contributed by atoms with van der Waals surface area (Å²) in [4.78, 5) is 1.60. The highest BCUT2D eigenvalue weighted by Crippen LogP contribution is 2.38. The fourth-order valence-corrected chi connectivity index (χ4v) is 7.72. The molecule has 1 saturated carbocycles. The fraction of sp³-hybridized carbons (Fsp3) is 0.778. The lowest BCUT2D eigenvalue weighted by Crippen LogP contribution is -2.42. The predicted octanol–water partition coefficient (Wildman–Crippen LogP) is 4.69. The van der Waals surface area contributed by atoms with Gasteiger partial charge in [-0.25, -0.2) is 0 Å². The Morgan fingerprint density at radius 3 is 2.43 bits per heavy atom. The molecule has 0 N–H and O–H groups in total. The summed E-state index contributed by atoms with van der Waals surface area (Å²) in [6.07, 6.45) is 14.8. The molecule has 0 bridgehead atoms. The second-order valence-corrected chi connectivity index (χ2v) is 10.6. The molecule has 1 saturated heterocycles. The topological polar surface area (TPSA) is 9.23 Å². The summed E-state index contributed by atoms with van der Waals surface area (Å²) in [5.74, 6) is 5.46. The van der Waals surface area contributed by atoms with Crippen LogP contribution in [0.15, 0.2) is 23.1 Å². The molecule has 118 valence electrons. The second-order valence-electron chi connectivity index (χ2n) is 7.08. The first-order valence-electron chi connectivity index (χ1n) is 8.44. The zero-order valence-corrected chi connectivity index (χ0v) is 15.2. The van der Waals surface area contributed by atoms with Crippen LogP contribution in [0.2, 0.25) is 0 Å². The van der Waals surface area contributed by atoms with Gasteiger partial charge in [-0.15, -0.1) is 0 Å². The van der Waals surface area contributed by atoms with Gasteiger partial charge >= 0.3 is 0 Å². The van der Waals surface area contributed by atoms with Gasteiger partial charge in [-0.05, 0) is 44.9 Å². The van der Waals surface area contributed by atoms with Gasteiger partial charge in [0.25, 0.3) is 0 Å². The number of hydrogen-bond acceptors (Lipinski definition) is 2. The first kappa shape index (κ1) is 16.0. The number of hydrogen-bond donors (Lipinski definition) is 0. The van der Waals surface area contributed by atoms with Crippen LogP contribution in [-0.2, 0) is 15.6 Å². The smallest absolute Gasteiger partial charge is 0.150 e. The number of ether oxygens (including phenoxy) is 1. The van der Waals surface area contributed by atoms with Gasteiger partial charge in [-0.1, -0.05) is 19.3 Å². The molecule has 1 nitrogen and oxygen atoms in total. The maximum atomic E-state index is 6.61. The van der Waals surface area contributed by atoms with E-state index in [1.807, 2.05) is 0 Å². The minimum atomic E-state index is -0.0799. The van der Waals surface area contributed by atoms with Crippen molar-refractivity contribution < 1.29 is 4.74 Å². The van der Waals surface area contributed by atoms with Crippen molar-refractivity contribution in [1.29, 1.82) is 0 Å². The third kappa shape index (κ3) is 4.11. The molecule has 0 radical (unpaired) electrons. The molecule has 1 aliphatic heterocycles. The average molecular weight is 326 g/mol. The normalized spacial score (nSPS) is 33.7. The Kier molecular flexibility index (Phi) is 5.12. The summed E-state index contributed by atoms with van der Waals surface area (Å²) in [6, 6.07) is 0. The second kappa shape index (κ2) is 6.72. The third-order valence-corrected chi connectivity index (χ3v) is 8.85. The molecule has 0 aromatic heterocycles. The monoisotopic (exact) mass is 325 g/mol. The Bertz CT molecular complexity index is 417. The van der Waals surface area contributed by atoms with Crippen LogP contribution in [-0.4, -0.2) is 34.2 Å². The molecule has 3 rings (SSSR count). The van der Waals surface area contributed by atoms with Crippen molar-refractivity contribution >= 4 is 22.7 Å². The molecular weight excluding hydrogens is 296 g/mol. The van der Waals surface area contributed by atoms with E-state index in [4.69, 9.17) is 4.74 Å². The van der Waals surface area contributed by atoms with Gasteiger partial charge < -0.3 is 4.74 Å². The van der Waals surface area contributed by atoms with Gasteiger partial charge in [0.2, 0.25) is 0 Å². The van der Waals surface area contributed by atoms with Crippen molar-refractivity contribution in [2.24, 2.45) is 0 Å². The molecule has 2 aliphatic carbocycles. The molecule has 21 heavy (non-hydrogen) atoms. The van der Waals surface area contributed by atoms with E-state index in [2.05, 4.69) is 43.8 Å². The maximum absolute atomic E-state index is 6.61. The molecule has 0 aromatic carbocycles. The summed E-state index contributed by atoms with van der Waals surface area (Å²) in [7, 11) is 0.516. The van der Waals surface area contributed by atoms with Gasteiger partial charge in [-0.2, -0.15) is 11.8 Å². The van der Waals surface area contributed by atoms with Crippen LogP contribution in [0.1, 0.15) is 52.4 Å². The van der Waals surface area contributed by atoms with Crippen molar-refractivity contribution in [3.63, 3.8) is 0 Å². The lowest BCUT2D eigenvalue weighted by Gasteiger charge is -2.41. The standard InChI is InChI=1S/C18H29OS2/c1-17(8-4-3-5-9-17)19-18(2)10-6-16(7-11-18)21-14-12-20-13-15-21/h6-7,10H,3-5,8-9,11-15H2,1-2H3/q+1. The summed E-state index contributed by atoms with van der Waals surface area (Å²) >= 11 is 2.12. The highest BCUT2D eigenvalue weighted by molar-refractivity contribution is 8.06. The van der Waals surface area contributed by atoms with Gasteiger partial charge in [0.15, 0.2) is 4.91 Å². The molecule has 3 aliphatic rings. The van der Waals surface area contributed by atoms with Gasteiger partial charge in [0, 0.05) is 28.8 Å². The van der Waals surface area contributed by atoms with Crippen LogP contribution in [0.4, 0.5) is 0 Å². The van der Waals surface area contributed by atoms with E-state index in [1.165, 1.54) is 55.1 Å². The highest BCUT2D eigenvalue weighted by atomic mass is 32.2. The lowest BCUT2D eigenvalue weighted by atomic mass is 9.84. The summed E-state index contributed by atoms with van der Waals surface area (Å²) in [5, 5.41) is 0. The van der Waals surface area contributed by atoms with Gasteiger partial charge in [0.05, 0.1) is 11.2 Å². The van der Waals surface area contributed by atoms with Crippen LogP contribution in [0.25, 0.3) is 0 Å². The zero-order valence-electron chi connectivity index (χ0n) is 13.5. The van der Waals surface area contributed by atoms with Crippen LogP contribution in [0.5, 0.6) is 0 Å². The molecule has 1 heterocycles. The zero-order chi connectivity index (χ0) is 14.8. The number of allylic oxidation sites excluding steroid dienone is 1.